The third-order valence-electron chi connectivity index (χ3n) is 2.58. The first-order valence-electron chi connectivity index (χ1n) is 5.39. The summed E-state index contributed by atoms with van der Waals surface area (Å²) in [6, 6.07) is 5.50. The molecule has 0 saturated heterocycles. The van der Waals surface area contributed by atoms with Gasteiger partial charge in [-0.2, -0.15) is 0 Å². The van der Waals surface area contributed by atoms with Gasteiger partial charge < -0.3 is 14.6 Å². The van der Waals surface area contributed by atoms with E-state index in [0.29, 0.717) is 0 Å². The second-order valence-electron chi connectivity index (χ2n) is 3.86. The fourth-order valence-corrected chi connectivity index (χ4v) is 1.67. The maximum Gasteiger partial charge on any atom is 0.573 e. The Bertz CT molecular complexity index is 392. The molecule has 0 saturated carbocycles. The average Bonchev–Trinajstić information content (AvgIpc) is 2.28. The summed E-state index contributed by atoms with van der Waals surface area (Å²) in [7, 11) is 1.37. The van der Waals surface area contributed by atoms with E-state index in [9.17, 15) is 18.3 Å². The summed E-state index contributed by atoms with van der Waals surface area (Å²) in [6.45, 7) is 1.55. The number of para-hydroxylation sites is 1. The quantitative estimate of drug-likeness (QED) is 0.888. The Kier molecular flexibility index (Phi) is 4.59. The van der Waals surface area contributed by atoms with E-state index in [-0.39, 0.29) is 18.6 Å². The molecule has 0 aromatic heterocycles. The molecular weight excluding hydrogens is 249 g/mol. The van der Waals surface area contributed by atoms with Crippen molar-refractivity contribution in [2.45, 2.75) is 25.3 Å². The van der Waals surface area contributed by atoms with Crippen LogP contribution >= 0.6 is 0 Å². The molecule has 0 radical (unpaired) electrons. The van der Waals surface area contributed by atoms with Gasteiger partial charge >= 0.3 is 6.36 Å². The molecule has 0 aliphatic rings. The van der Waals surface area contributed by atoms with Crippen LogP contribution in [0.1, 0.15) is 18.9 Å². The normalized spacial score (nSPS) is 15.2. The van der Waals surface area contributed by atoms with Gasteiger partial charge in [0.2, 0.25) is 0 Å². The first-order valence-corrected chi connectivity index (χ1v) is 5.39. The monoisotopic (exact) mass is 264 g/mol. The molecule has 0 bridgehead atoms. The maximum atomic E-state index is 12.3. The molecule has 0 spiro atoms. The summed E-state index contributed by atoms with van der Waals surface area (Å²) in [5, 5.41) is 10.3. The highest BCUT2D eigenvalue weighted by atomic mass is 19.4. The molecule has 0 amide bonds. The van der Waals surface area contributed by atoms with Gasteiger partial charge in [0.15, 0.2) is 0 Å². The van der Waals surface area contributed by atoms with Crippen LogP contribution in [0.15, 0.2) is 24.3 Å². The van der Waals surface area contributed by atoms with Crippen molar-refractivity contribution in [3.63, 3.8) is 0 Å². The number of rotatable bonds is 5. The van der Waals surface area contributed by atoms with Crippen LogP contribution in [0.4, 0.5) is 13.2 Å². The van der Waals surface area contributed by atoms with Gasteiger partial charge in [0, 0.05) is 12.7 Å². The van der Waals surface area contributed by atoms with Gasteiger partial charge in [-0.3, -0.25) is 0 Å². The number of aliphatic hydroxyl groups is 1. The lowest BCUT2D eigenvalue weighted by Crippen LogP contribution is -2.32. The van der Waals surface area contributed by atoms with Crippen LogP contribution < -0.4 is 4.74 Å². The zero-order valence-electron chi connectivity index (χ0n) is 10.1. The van der Waals surface area contributed by atoms with E-state index >= 15 is 0 Å². The molecule has 1 N–H and O–H groups in total. The summed E-state index contributed by atoms with van der Waals surface area (Å²) < 4.78 is 45.6. The van der Waals surface area contributed by atoms with Gasteiger partial charge in [-0.25, -0.2) is 0 Å². The SMILES string of the molecule is CCC(O)(COC)c1ccccc1OC(F)(F)F. The second kappa shape index (κ2) is 5.58. The number of hydrogen-bond donors (Lipinski definition) is 1. The highest BCUT2D eigenvalue weighted by Gasteiger charge is 2.36. The third-order valence-corrected chi connectivity index (χ3v) is 2.58. The zero-order valence-corrected chi connectivity index (χ0v) is 10.1. The van der Waals surface area contributed by atoms with E-state index in [2.05, 4.69) is 4.74 Å². The molecular formula is C12H15F3O3. The largest absolute Gasteiger partial charge is 0.573 e. The lowest BCUT2D eigenvalue weighted by atomic mass is 9.91. The highest BCUT2D eigenvalue weighted by molar-refractivity contribution is 5.38. The maximum absolute atomic E-state index is 12.3. The van der Waals surface area contributed by atoms with Crippen LogP contribution in [0.25, 0.3) is 0 Å². The van der Waals surface area contributed by atoms with Gasteiger partial charge in [-0.1, -0.05) is 25.1 Å². The topological polar surface area (TPSA) is 38.7 Å². The number of methoxy groups -OCH3 is 1. The molecule has 1 rings (SSSR count). The molecule has 3 nitrogen and oxygen atoms in total. The van der Waals surface area contributed by atoms with Crippen molar-refractivity contribution in [2.75, 3.05) is 13.7 Å². The highest BCUT2D eigenvalue weighted by Crippen LogP contribution is 2.35. The van der Waals surface area contributed by atoms with Crippen molar-refractivity contribution >= 4 is 0 Å². The molecule has 0 aliphatic carbocycles. The molecule has 6 heteroatoms. The predicted molar refractivity (Wildman–Crippen MR) is 59.2 cm³/mol. The van der Waals surface area contributed by atoms with Crippen molar-refractivity contribution in [1.82, 2.24) is 0 Å². The van der Waals surface area contributed by atoms with Gasteiger partial charge in [0.1, 0.15) is 11.4 Å². The molecule has 0 aliphatic heterocycles. The molecule has 1 aromatic carbocycles. The van der Waals surface area contributed by atoms with Crippen LogP contribution in [0.3, 0.4) is 0 Å². The summed E-state index contributed by atoms with van der Waals surface area (Å²) in [6.07, 6.45) is -4.59. The van der Waals surface area contributed by atoms with E-state index in [4.69, 9.17) is 4.74 Å². The fourth-order valence-electron chi connectivity index (χ4n) is 1.67. The molecule has 1 unspecified atom stereocenters. The zero-order chi connectivity index (χ0) is 13.8. The van der Waals surface area contributed by atoms with E-state index in [1.807, 2.05) is 0 Å². The van der Waals surface area contributed by atoms with E-state index < -0.39 is 17.7 Å². The fraction of sp³-hybridized carbons (Fsp3) is 0.500. The molecule has 18 heavy (non-hydrogen) atoms. The van der Waals surface area contributed by atoms with Gasteiger partial charge in [-0.05, 0) is 12.5 Å². The van der Waals surface area contributed by atoms with Crippen molar-refractivity contribution in [2.24, 2.45) is 0 Å². The minimum Gasteiger partial charge on any atom is -0.405 e. The minimum atomic E-state index is -4.79. The number of benzene rings is 1. The Morgan fingerprint density at radius 1 is 1.22 bits per heavy atom. The average molecular weight is 264 g/mol. The smallest absolute Gasteiger partial charge is 0.405 e. The molecule has 0 heterocycles. The van der Waals surface area contributed by atoms with Crippen LogP contribution in [0.5, 0.6) is 5.75 Å². The summed E-state index contributed by atoms with van der Waals surface area (Å²) in [4.78, 5) is 0. The van der Waals surface area contributed by atoms with Crippen LogP contribution in [0, 0.1) is 0 Å². The Labute approximate surface area is 103 Å². The summed E-state index contributed by atoms with van der Waals surface area (Å²) in [5.41, 5.74) is -1.44. The summed E-state index contributed by atoms with van der Waals surface area (Å²) >= 11 is 0. The first-order chi connectivity index (χ1) is 8.32. The Hall–Kier alpha value is -1.27. The minimum absolute atomic E-state index is 0.0617. The number of hydrogen-bond acceptors (Lipinski definition) is 3. The number of ether oxygens (including phenoxy) is 2. The van der Waals surface area contributed by atoms with Gasteiger partial charge in [0.05, 0.1) is 6.61 Å². The van der Waals surface area contributed by atoms with Gasteiger partial charge in [0.25, 0.3) is 0 Å². The Balaban J connectivity index is 3.15. The number of alkyl halides is 3. The van der Waals surface area contributed by atoms with Crippen LogP contribution in [-0.2, 0) is 10.3 Å². The second-order valence-corrected chi connectivity index (χ2v) is 3.86. The van der Waals surface area contributed by atoms with Crippen molar-refractivity contribution in [1.29, 1.82) is 0 Å². The van der Waals surface area contributed by atoms with Crippen molar-refractivity contribution < 1.29 is 27.8 Å². The van der Waals surface area contributed by atoms with E-state index in [1.54, 1.807) is 6.92 Å². The van der Waals surface area contributed by atoms with E-state index in [1.165, 1.54) is 31.4 Å². The van der Waals surface area contributed by atoms with Crippen molar-refractivity contribution in [3.05, 3.63) is 29.8 Å². The van der Waals surface area contributed by atoms with Crippen LogP contribution in [-0.4, -0.2) is 25.2 Å². The summed E-state index contributed by atoms with van der Waals surface area (Å²) in [5.74, 6) is -0.411. The van der Waals surface area contributed by atoms with E-state index in [0.717, 1.165) is 0 Å². The predicted octanol–water partition coefficient (Wildman–Crippen LogP) is 2.83. The third kappa shape index (κ3) is 3.61. The number of halogens is 3. The standard InChI is InChI=1S/C12H15F3O3/c1-3-11(16,8-17-2)9-6-4-5-7-10(9)18-12(13,14)15/h4-7,16H,3,8H2,1-2H3. The van der Waals surface area contributed by atoms with Crippen molar-refractivity contribution in [3.8, 4) is 5.75 Å². The molecule has 102 valence electrons. The molecule has 1 aromatic rings. The lowest BCUT2D eigenvalue weighted by Gasteiger charge is -2.28. The Morgan fingerprint density at radius 2 is 1.83 bits per heavy atom. The molecule has 1 atom stereocenters. The molecule has 0 fully saturated rings. The van der Waals surface area contributed by atoms with Gasteiger partial charge in [-0.15, -0.1) is 13.2 Å². The first kappa shape index (κ1) is 14.8. The Morgan fingerprint density at radius 3 is 2.33 bits per heavy atom. The lowest BCUT2D eigenvalue weighted by molar-refractivity contribution is -0.275. The van der Waals surface area contributed by atoms with Crippen LogP contribution in [0.2, 0.25) is 0 Å².